The van der Waals surface area contributed by atoms with E-state index >= 15 is 0 Å². The van der Waals surface area contributed by atoms with E-state index in [2.05, 4.69) is 22.4 Å². The molecule has 0 fully saturated rings. The molecular formula is C13H16N4O2. The van der Waals surface area contributed by atoms with Crippen molar-refractivity contribution in [3.63, 3.8) is 0 Å². The lowest BCUT2D eigenvalue weighted by Crippen LogP contribution is -2.20. The van der Waals surface area contributed by atoms with E-state index < -0.39 is 0 Å². The van der Waals surface area contributed by atoms with Gasteiger partial charge in [-0.05, 0) is 12.5 Å². The molecule has 0 saturated heterocycles. The summed E-state index contributed by atoms with van der Waals surface area (Å²) in [6.45, 7) is 2.07. The number of rotatable bonds is 4. The lowest BCUT2D eigenvalue weighted by atomic mass is 10.2. The Kier molecular flexibility index (Phi) is 3.79. The highest BCUT2D eigenvalue weighted by atomic mass is 16.2. The number of aromatic nitrogens is 3. The van der Waals surface area contributed by atoms with E-state index in [1.54, 1.807) is 25.4 Å². The number of aromatic amines is 1. The molecule has 0 saturated carbocycles. The van der Waals surface area contributed by atoms with Crippen molar-refractivity contribution >= 4 is 11.7 Å². The molecule has 0 atom stereocenters. The molecule has 0 radical (unpaired) electrons. The number of nitrogens with one attached hydrogen (secondary N) is 2. The van der Waals surface area contributed by atoms with Crippen LogP contribution in [0.1, 0.15) is 29.4 Å². The predicted molar refractivity (Wildman–Crippen MR) is 72.2 cm³/mol. The molecule has 0 aliphatic heterocycles. The first kappa shape index (κ1) is 13.1. The van der Waals surface area contributed by atoms with Crippen molar-refractivity contribution in [2.75, 3.05) is 5.32 Å². The highest BCUT2D eigenvalue weighted by Crippen LogP contribution is 2.08. The number of carbonyl (C=O) groups is 1. The van der Waals surface area contributed by atoms with Crippen molar-refractivity contribution in [1.82, 2.24) is 14.8 Å². The maximum Gasteiger partial charge on any atom is 0.257 e. The highest BCUT2D eigenvalue weighted by molar-refractivity contribution is 6.03. The van der Waals surface area contributed by atoms with Crippen LogP contribution in [0.25, 0.3) is 0 Å². The smallest absolute Gasteiger partial charge is 0.257 e. The number of hydrogen-bond acceptors (Lipinski definition) is 3. The van der Waals surface area contributed by atoms with Gasteiger partial charge in [-0.1, -0.05) is 13.3 Å². The average Bonchev–Trinajstić information content (AvgIpc) is 2.80. The zero-order valence-corrected chi connectivity index (χ0v) is 10.9. The number of H-pyrrole nitrogens is 1. The molecule has 19 heavy (non-hydrogen) atoms. The maximum atomic E-state index is 11.9. The summed E-state index contributed by atoms with van der Waals surface area (Å²) in [6, 6.07) is 4.69. The fourth-order valence-corrected chi connectivity index (χ4v) is 1.70. The fraction of sp³-hybridized carbons (Fsp3) is 0.308. The molecule has 0 aliphatic rings. The number of aryl methyl sites for hydroxylation is 2. The molecule has 2 rings (SSSR count). The second-order valence-corrected chi connectivity index (χ2v) is 4.35. The second-order valence-electron chi connectivity index (χ2n) is 4.35. The van der Waals surface area contributed by atoms with Gasteiger partial charge in [0.2, 0.25) is 0 Å². The first-order valence-electron chi connectivity index (χ1n) is 6.12. The first-order chi connectivity index (χ1) is 9.10. The quantitative estimate of drug-likeness (QED) is 0.870. The number of pyridine rings is 1. The lowest BCUT2D eigenvalue weighted by Gasteiger charge is -2.02. The topological polar surface area (TPSA) is 79.8 Å². The Hall–Kier alpha value is -2.37. The van der Waals surface area contributed by atoms with Crippen LogP contribution in [-0.2, 0) is 13.5 Å². The minimum atomic E-state index is -0.341. The minimum absolute atomic E-state index is 0.221. The molecule has 100 valence electrons. The van der Waals surface area contributed by atoms with E-state index in [0.29, 0.717) is 11.4 Å². The van der Waals surface area contributed by atoms with Gasteiger partial charge in [0, 0.05) is 36.6 Å². The molecule has 2 aromatic heterocycles. The molecule has 2 heterocycles. The van der Waals surface area contributed by atoms with Crippen molar-refractivity contribution in [3.05, 3.63) is 46.0 Å². The van der Waals surface area contributed by atoms with Crippen molar-refractivity contribution in [2.24, 2.45) is 7.05 Å². The minimum Gasteiger partial charge on any atom is -0.319 e. The first-order valence-corrected chi connectivity index (χ1v) is 6.12. The molecule has 2 N–H and O–H groups in total. The van der Waals surface area contributed by atoms with E-state index in [4.69, 9.17) is 0 Å². The SMILES string of the molecule is CCCc1cc(NC(=O)c2ccn(C)c(=O)c2)n[nH]1. The summed E-state index contributed by atoms with van der Waals surface area (Å²) in [5, 5.41) is 9.51. The predicted octanol–water partition coefficient (Wildman–Crippen LogP) is 1.31. The molecule has 0 spiro atoms. The normalized spacial score (nSPS) is 10.4. The Bertz CT molecular complexity index is 642. The number of amides is 1. The third-order valence-corrected chi connectivity index (χ3v) is 2.76. The Labute approximate surface area is 110 Å². The van der Waals surface area contributed by atoms with E-state index in [1.807, 2.05) is 0 Å². The Morgan fingerprint density at radius 2 is 2.26 bits per heavy atom. The van der Waals surface area contributed by atoms with Crippen molar-refractivity contribution in [2.45, 2.75) is 19.8 Å². The standard InChI is InChI=1S/C13H16N4O2/c1-3-4-10-8-11(16-15-10)14-13(19)9-5-6-17(2)12(18)7-9/h5-8H,3-4H2,1-2H3,(H2,14,15,16,19). The number of carbonyl (C=O) groups excluding carboxylic acids is 1. The van der Waals surface area contributed by atoms with Crippen molar-refractivity contribution in [3.8, 4) is 0 Å². The molecule has 2 aromatic rings. The van der Waals surface area contributed by atoms with Gasteiger partial charge in [0.05, 0.1) is 0 Å². The zero-order chi connectivity index (χ0) is 13.8. The van der Waals surface area contributed by atoms with Crippen LogP contribution < -0.4 is 10.9 Å². The van der Waals surface area contributed by atoms with Crippen LogP contribution in [0.5, 0.6) is 0 Å². The van der Waals surface area contributed by atoms with Crippen LogP contribution in [0.2, 0.25) is 0 Å². The molecule has 0 aromatic carbocycles. The molecule has 0 aliphatic carbocycles. The van der Waals surface area contributed by atoms with Crippen LogP contribution in [0.15, 0.2) is 29.2 Å². The fourth-order valence-electron chi connectivity index (χ4n) is 1.70. The molecule has 0 unspecified atom stereocenters. The summed E-state index contributed by atoms with van der Waals surface area (Å²) in [6.07, 6.45) is 3.45. The summed E-state index contributed by atoms with van der Waals surface area (Å²) in [7, 11) is 1.63. The summed E-state index contributed by atoms with van der Waals surface area (Å²) in [5.41, 5.74) is 1.08. The van der Waals surface area contributed by atoms with Gasteiger partial charge < -0.3 is 9.88 Å². The number of hydrogen-bond donors (Lipinski definition) is 2. The van der Waals surface area contributed by atoms with Gasteiger partial charge in [-0.15, -0.1) is 0 Å². The lowest BCUT2D eigenvalue weighted by molar-refractivity contribution is 0.102. The van der Waals surface area contributed by atoms with Gasteiger partial charge in [0.15, 0.2) is 5.82 Å². The maximum absolute atomic E-state index is 11.9. The van der Waals surface area contributed by atoms with Gasteiger partial charge in [-0.25, -0.2) is 0 Å². The van der Waals surface area contributed by atoms with Crippen LogP contribution in [0, 0.1) is 0 Å². The van der Waals surface area contributed by atoms with Crippen molar-refractivity contribution in [1.29, 1.82) is 0 Å². The van der Waals surface area contributed by atoms with Gasteiger partial charge in [-0.2, -0.15) is 5.10 Å². The molecule has 1 amide bonds. The third kappa shape index (κ3) is 3.09. The van der Waals surface area contributed by atoms with Gasteiger partial charge in [0.1, 0.15) is 0 Å². The summed E-state index contributed by atoms with van der Waals surface area (Å²) >= 11 is 0. The third-order valence-electron chi connectivity index (χ3n) is 2.76. The summed E-state index contributed by atoms with van der Waals surface area (Å²) in [4.78, 5) is 23.4. The van der Waals surface area contributed by atoms with Gasteiger partial charge in [-0.3, -0.25) is 14.7 Å². The van der Waals surface area contributed by atoms with Gasteiger partial charge in [0.25, 0.3) is 11.5 Å². The van der Waals surface area contributed by atoms with E-state index in [-0.39, 0.29) is 11.5 Å². The van der Waals surface area contributed by atoms with Crippen LogP contribution >= 0.6 is 0 Å². The largest absolute Gasteiger partial charge is 0.319 e. The summed E-state index contributed by atoms with van der Waals surface area (Å²) in [5.74, 6) is 0.126. The summed E-state index contributed by atoms with van der Waals surface area (Å²) < 4.78 is 1.41. The van der Waals surface area contributed by atoms with Crippen LogP contribution in [0.4, 0.5) is 5.82 Å². The highest BCUT2D eigenvalue weighted by Gasteiger charge is 2.09. The average molecular weight is 260 g/mol. The zero-order valence-electron chi connectivity index (χ0n) is 10.9. The Balaban J connectivity index is 2.11. The monoisotopic (exact) mass is 260 g/mol. The van der Waals surface area contributed by atoms with Crippen molar-refractivity contribution < 1.29 is 4.79 Å². The van der Waals surface area contributed by atoms with E-state index in [0.717, 1.165) is 18.5 Å². The number of nitrogens with zero attached hydrogens (tertiary/aromatic N) is 2. The molecular weight excluding hydrogens is 244 g/mol. The van der Waals surface area contributed by atoms with E-state index in [9.17, 15) is 9.59 Å². The molecule has 6 heteroatoms. The molecule has 0 bridgehead atoms. The van der Waals surface area contributed by atoms with Gasteiger partial charge >= 0.3 is 0 Å². The second kappa shape index (κ2) is 5.51. The van der Waals surface area contributed by atoms with Crippen LogP contribution in [0.3, 0.4) is 0 Å². The van der Waals surface area contributed by atoms with Crippen LogP contribution in [-0.4, -0.2) is 20.7 Å². The Morgan fingerprint density at radius 1 is 1.47 bits per heavy atom. The number of anilines is 1. The van der Waals surface area contributed by atoms with E-state index in [1.165, 1.54) is 10.6 Å². The Morgan fingerprint density at radius 3 is 2.95 bits per heavy atom. The molecule has 6 nitrogen and oxygen atoms in total.